The number of thioether (sulfide) groups is 1. The fourth-order valence-corrected chi connectivity index (χ4v) is 2.95. The lowest BCUT2D eigenvalue weighted by Gasteiger charge is -2.10. The summed E-state index contributed by atoms with van der Waals surface area (Å²) in [5.41, 5.74) is 6.02. The summed E-state index contributed by atoms with van der Waals surface area (Å²) in [6.45, 7) is -0.259. The van der Waals surface area contributed by atoms with E-state index in [1.807, 2.05) is 0 Å². The second-order valence-corrected chi connectivity index (χ2v) is 6.17. The molecule has 0 aliphatic heterocycles. The Kier molecular flexibility index (Phi) is 5.47. The largest absolute Gasteiger partial charge is 0.309 e. The van der Waals surface area contributed by atoms with Crippen molar-refractivity contribution >= 4 is 34.6 Å². The highest BCUT2D eigenvalue weighted by atomic mass is 32.2. The third-order valence-corrected chi connectivity index (χ3v) is 4.17. The number of carbonyl (C=O) groups excluding carboxylic acids is 2. The Morgan fingerprint density at radius 1 is 1.04 bits per heavy atom. The van der Waals surface area contributed by atoms with Crippen LogP contribution in [0.4, 0.5) is 8.78 Å². The first-order valence-electron chi connectivity index (χ1n) is 7.59. The molecule has 0 saturated heterocycles. The first-order chi connectivity index (χ1) is 12.5. The Labute approximate surface area is 151 Å². The minimum Gasteiger partial charge on any atom is -0.309 e. The summed E-state index contributed by atoms with van der Waals surface area (Å²) in [6.07, 6.45) is 0. The van der Waals surface area contributed by atoms with Gasteiger partial charge in [-0.3, -0.25) is 20.4 Å². The van der Waals surface area contributed by atoms with Crippen molar-refractivity contribution in [2.75, 3.05) is 0 Å². The van der Waals surface area contributed by atoms with Crippen molar-refractivity contribution in [1.29, 1.82) is 0 Å². The van der Waals surface area contributed by atoms with Crippen LogP contribution in [0.1, 0.15) is 10.4 Å². The van der Waals surface area contributed by atoms with Gasteiger partial charge in [0.1, 0.15) is 6.54 Å². The van der Waals surface area contributed by atoms with E-state index in [-0.39, 0.29) is 23.5 Å². The van der Waals surface area contributed by atoms with Crippen molar-refractivity contribution in [2.45, 2.75) is 17.5 Å². The molecule has 2 aromatic carbocycles. The monoisotopic (exact) mass is 376 g/mol. The van der Waals surface area contributed by atoms with Crippen LogP contribution in [0.25, 0.3) is 11.0 Å². The quantitative estimate of drug-likeness (QED) is 0.530. The Balaban J connectivity index is 1.71. The number of amides is 2. The number of benzene rings is 2. The number of hydrogen-bond acceptors (Lipinski definition) is 4. The molecule has 134 valence electrons. The number of hydrazine groups is 1. The minimum atomic E-state index is -2.66. The summed E-state index contributed by atoms with van der Waals surface area (Å²) in [4.78, 5) is 28.2. The van der Waals surface area contributed by atoms with E-state index in [1.54, 1.807) is 54.6 Å². The van der Waals surface area contributed by atoms with Gasteiger partial charge in [0.15, 0.2) is 5.16 Å². The zero-order valence-electron chi connectivity index (χ0n) is 13.4. The summed E-state index contributed by atoms with van der Waals surface area (Å²) in [6, 6.07) is 15.2. The third kappa shape index (κ3) is 4.17. The van der Waals surface area contributed by atoms with Gasteiger partial charge in [-0.2, -0.15) is 8.78 Å². The Hall–Kier alpha value is -2.94. The van der Waals surface area contributed by atoms with Crippen LogP contribution in [0.15, 0.2) is 59.8 Å². The molecule has 9 heteroatoms. The maximum Gasteiger partial charge on any atom is 0.291 e. The molecule has 0 fully saturated rings. The van der Waals surface area contributed by atoms with E-state index in [9.17, 15) is 18.4 Å². The molecule has 0 saturated carbocycles. The van der Waals surface area contributed by atoms with Crippen molar-refractivity contribution in [3.8, 4) is 0 Å². The van der Waals surface area contributed by atoms with Crippen molar-refractivity contribution in [3.63, 3.8) is 0 Å². The fourth-order valence-electron chi connectivity index (χ4n) is 2.35. The van der Waals surface area contributed by atoms with E-state index in [0.29, 0.717) is 16.6 Å². The number of alkyl halides is 2. The van der Waals surface area contributed by atoms with Crippen molar-refractivity contribution in [1.82, 2.24) is 20.4 Å². The number of halogens is 2. The normalized spacial score (nSPS) is 10.9. The smallest absolute Gasteiger partial charge is 0.291 e. The molecular weight excluding hydrogens is 362 g/mol. The molecule has 2 amide bonds. The number of nitrogens with one attached hydrogen (secondary N) is 2. The molecule has 0 atom stereocenters. The zero-order chi connectivity index (χ0) is 18.5. The Morgan fingerprint density at radius 3 is 2.46 bits per heavy atom. The highest BCUT2D eigenvalue weighted by Crippen LogP contribution is 2.28. The number of fused-ring (bicyclic) bond motifs is 1. The van der Waals surface area contributed by atoms with Crippen LogP contribution in [-0.2, 0) is 11.3 Å². The zero-order valence-corrected chi connectivity index (χ0v) is 14.2. The topological polar surface area (TPSA) is 76.0 Å². The standard InChI is InChI=1S/C17H14F2N4O2S/c18-16(19)26-17-20-12-8-4-5-9-13(12)23(17)10-14(24)21-22-15(25)11-6-2-1-3-7-11/h1-9,16H,10H2,(H,21,24)(H,22,25). The lowest BCUT2D eigenvalue weighted by Crippen LogP contribution is -2.43. The van der Waals surface area contributed by atoms with Crippen LogP contribution in [0, 0.1) is 0 Å². The average molecular weight is 376 g/mol. The van der Waals surface area contributed by atoms with Gasteiger partial charge in [0.2, 0.25) is 0 Å². The van der Waals surface area contributed by atoms with E-state index in [4.69, 9.17) is 0 Å². The van der Waals surface area contributed by atoms with Gasteiger partial charge in [0.25, 0.3) is 17.6 Å². The van der Waals surface area contributed by atoms with Gasteiger partial charge >= 0.3 is 0 Å². The third-order valence-electron chi connectivity index (χ3n) is 3.47. The van der Waals surface area contributed by atoms with Crippen molar-refractivity contribution < 1.29 is 18.4 Å². The second-order valence-electron chi connectivity index (χ2n) is 5.22. The summed E-state index contributed by atoms with van der Waals surface area (Å²) in [7, 11) is 0. The van der Waals surface area contributed by atoms with Gasteiger partial charge in [-0.1, -0.05) is 30.3 Å². The van der Waals surface area contributed by atoms with E-state index in [1.165, 1.54) is 4.57 Å². The van der Waals surface area contributed by atoms with Crippen LogP contribution in [0.3, 0.4) is 0 Å². The van der Waals surface area contributed by atoms with Gasteiger partial charge in [0.05, 0.1) is 11.0 Å². The number of aromatic nitrogens is 2. The second kappa shape index (κ2) is 7.96. The maximum atomic E-state index is 12.8. The molecule has 0 unspecified atom stereocenters. The summed E-state index contributed by atoms with van der Waals surface area (Å²) in [5, 5.41) is 0.0331. The lowest BCUT2D eigenvalue weighted by atomic mass is 10.2. The molecule has 2 N–H and O–H groups in total. The predicted octanol–water partition coefficient (Wildman–Crippen LogP) is 2.81. The number of nitrogens with zero attached hydrogens (tertiary/aromatic N) is 2. The van der Waals surface area contributed by atoms with E-state index in [0.717, 1.165) is 0 Å². The average Bonchev–Trinajstić information content (AvgIpc) is 2.97. The SMILES string of the molecule is O=C(Cn1c(SC(F)F)nc2ccccc21)NNC(=O)c1ccccc1. The highest BCUT2D eigenvalue weighted by molar-refractivity contribution is 7.99. The number of imidazole rings is 1. The van der Waals surface area contributed by atoms with Crippen molar-refractivity contribution in [3.05, 3.63) is 60.2 Å². The number of para-hydroxylation sites is 2. The van der Waals surface area contributed by atoms with Gasteiger partial charge in [0, 0.05) is 5.56 Å². The Morgan fingerprint density at radius 2 is 1.73 bits per heavy atom. The summed E-state index contributed by atoms with van der Waals surface area (Å²) < 4.78 is 26.9. The molecular formula is C17H14F2N4O2S. The molecule has 26 heavy (non-hydrogen) atoms. The fraction of sp³-hybridized carbons (Fsp3) is 0.118. The summed E-state index contributed by atoms with van der Waals surface area (Å²) >= 11 is 0.265. The lowest BCUT2D eigenvalue weighted by molar-refractivity contribution is -0.122. The maximum absolute atomic E-state index is 12.8. The molecule has 1 heterocycles. The van der Waals surface area contributed by atoms with E-state index < -0.39 is 17.6 Å². The van der Waals surface area contributed by atoms with Crippen LogP contribution in [0.2, 0.25) is 0 Å². The number of rotatable bonds is 5. The van der Waals surface area contributed by atoms with Gasteiger partial charge in [-0.15, -0.1) is 0 Å². The molecule has 3 rings (SSSR count). The number of hydrogen-bond donors (Lipinski definition) is 2. The van der Waals surface area contributed by atoms with Crippen LogP contribution < -0.4 is 10.9 Å². The van der Waals surface area contributed by atoms with Crippen LogP contribution >= 0.6 is 11.8 Å². The predicted molar refractivity (Wildman–Crippen MR) is 93.6 cm³/mol. The van der Waals surface area contributed by atoms with Crippen LogP contribution in [0.5, 0.6) is 0 Å². The van der Waals surface area contributed by atoms with E-state index in [2.05, 4.69) is 15.8 Å². The molecule has 3 aromatic rings. The summed E-state index contributed by atoms with van der Waals surface area (Å²) in [5.74, 6) is -3.70. The molecule has 0 spiro atoms. The molecule has 0 aliphatic carbocycles. The molecule has 1 aromatic heterocycles. The highest BCUT2D eigenvalue weighted by Gasteiger charge is 2.18. The molecule has 0 radical (unpaired) electrons. The first kappa shape index (κ1) is 17.9. The van der Waals surface area contributed by atoms with Gasteiger partial charge in [-0.25, -0.2) is 4.98 Å². The van der Waals surface area contributed by atoms with Crippen molar-refractivity contribution in [2.24, 2.45) is 0 Å². The molecule has 0 bridgehead atoms. The van der Waals surface area contributed by atoms with Gasteiger partial charge < -0.3 is 4.57 Å². The van der Waals surface area contributed by atoms with E-state index >= 15 is 0 Å². The van der Waals surface area contributed by atoms with Crippen LogP contribution in [-0.4, -0.2) is 27.1 Å². The van der Waals surface area contributed by atoms with Gasteiger partial charge in [-0.05, 0) is 36.0 Å². The molecule has 6 nitrogen and oxygen atoms in total. The molecule has 0 aliphatic rings. The Bertz CT molecular complexity index is 931. The minimum absolute atomic E-state index is 0.0331. The number of carbonyl (C=O) groups is 2. The first-order valence-corrected chi connectivity index (χ1v) is 8.47.